The van der Waals surface area contributed by atoms with Crippen molar-refractivity contribution in [1.29, 1.82) is 0 Å². The number of amides is 1. The highest BCUT2D eigenvalue weighted by molar-refractivity contribution is 6.01. The molecule has 1 aromatic heterocycles. The zero-order chi connectivity index (χ0) is 15.2. The van der Waals surface area contributed by atoms with Crippen LogP contribution in [0.5, 0.6) is 0 Å². The number of nitrogens with zero attached hydrogens (tertiary/aromatic N) is 3. The van der Waals surface area contributed by atoms with Crippen LogP contribution in [-0.4, -0.2) is 21.5 Å². The number of carbonyl (C=O) groups excluding carboxylic acids is 1. The third-order valence-electron chi connectivity index (χ3n) is 2.72. The van der Waals surface area contributed by atoms with E-state index in [0.717, 1.165) is 0 Å². The predicted molar refractivity (Wildman–Crippen MR) is 77.0 cm³/mol. The van der Waals surface area contributed by atoms with Crippen LogP contribution in [0.3, 0.4) is 0 Å². The van der Waals surface area contributed by atoms with Gasteiger partial charge in [0.1, 0.15) is 0 Å². The maximum atomic E-state index is 11.8. The smallest absolute Gasteiger partial charge is 0.267 e. The van der Waals surface area contributed by atoms with Gasteiger partial charge in [-0.15, -0.1) is 0 Å². The molecule has 0 aliphatic rings. The number of hydrazone groups is 1. The van der Waals surface area contributed by atoms with Crippen molar-refractivity contribution in [3.63, 3.8) is 0 Å². The largest absolute Gasteiger partial charge is 0.272 e. The number of non-ortho nitro benzene ring substituents is 1. The van der Waals surface area contributed by atoms with E-state index in [4.69, 9.17) is 0 Å². The maximum absolute atomic E-state index is 11.8. The van der Waals surface area contributed by atoms with Crippen molar-refractivity contribution in [2.75, 3.05) is 0 Å². The third-order valence-corrected chi connectivity index (χ3v) is 2.72. The quantitative estimate of drug-likeness (QED) is 0.528. The summed E-state index contributed by atoms with van der Waals surface area (Å²) in [6, 6.07) is 9.30. The Balaban J connectivity index is 2.13. The number of carbonyl (C=O) groups is 1. The number of nitro benzene ring substituents is 1. The molecule has 1 N–H and O–H groups in total. The van der Waals surface area contributed by atoms with Crippen molar-refractivity contribution in [1.82, 2.24) is 10.4 Å². The highest BCUT2D eigenvalue weighted by atomic mass is 16.6. The summed E-state index contributed by atoms with van der Waals surface area (Å²) in [7, 11) is 0. The van der Waals surface area contributed by atoms with Crippen LogP contribution in [0.25, 0.3) is 0 Å². The van der Waals surface area contributed by atoms with Crippen molar-refractivity contribution >= 4 is 17.3 Å². The molecule has 0 fully saturated rings. The molecule has 0 radical (unpaired) electrons. The van der Waals surface area contributed by atoms with E-state index in [-0.39, 0.29) is 5.69 Å². The summed E-state index contributed by atoms with van der Waals surface area (Å²) in [6.07, 6.45) is 2.99. The number of nitro groups is 1. The Morgan fingerprint density at radius 1 is 1.29 bits per heavy atom. The minimum Gasteiger partial charge on any atom is -0.267 e. The van der Waals surface area contributed by atoms with Crippen LogP contribution in [0.1, 0.15) is 22.8 Å². The van der Waals surface area contributed by atoms with Crippen LogP contribution in [0, 0.1) is 10.1 Å². The van der Waals surface area contributed by atoms with Crippen molar-refractivity contribution in [2.24, 2.45) is 5.10 Å². The molecule has 0 aliphatic carbocycles. The molecular formula is C14H12N4O3. The number of aromatic nitrogens is 1. The molecule has 7 nitrogen and oxygen atoms in total. The second-order valence-corrected chi connectivity index (χ2v) is 4.19. The summed E-state index contributed by atoms with van der Waals surface area (Å²) in [4.78, 5) is 25.9. The van der Waals surface area contributed by atoms with Crippen LogP contribution in [-0.2, 0) is 0 Å². The summed E-state index contributed by atoms with van der Waals surface area (Å²) in [5, 5.41) is 14.7. The van der Waals surface area contributed by atoms with Gasteiger partial charge in [0.25, 0.3) is 11.6 Å². The van der Waals surface area contributed by atoms with Gasteiger partial charge in [0, 0.05) is 30.1 Å². The highest BCUT2D eigenvalue weighted by Gasteiger charge is 2.08. The Hall–Kier alpha value is -3.09. The summed E-state index contributed by atoms with van der Waals surface area (Å²) in [6.45, 7) is 1.66. The van der Waals surface area contributed by atoms with Gasteiger partial charge in [-0.05, 0) is 19.1 Å². The van der Waals surface area contributed by atoms with Crippen molar-refractivity contribution in [2.45, 2.75) is 6.92 Å². The molecule has 1 aromatic carbocycles. The third kappa shape index (κ3) is 3.69. The number of rotatable bonds is 4. The van der Waals surface area contributed by atoms with Crippen LogP contribution < -0.4 is 5.43 Å². The normalized spacial score (nSPS) is 11.0. The molecule has 2 rings (SSSR count). The number of benzene rings is 1. The number of pyridine rings is 1. The fraction of sp³-hybridized carbons (Fsp3) is 0.0714. The minimum atomic E-state index is -0.481. The predicted octanol–water partition coefficient (Wildman–Crippen LogP) is 2.14. The number of nitrogens with one attached hydrogen (secondary N) is 1. The Bertz CT molecular complexity index is 698. The van der Waals surface area contributed by atoms with Gasteiger partial charge in [0.2, 0.25) is 0 Å². The Morgan fingerprint density at radius 2 is 2.05 bits per heavy atom. The molecule has 1 amide bonds. The van der Waals surface area contributed by atoms with Crippen LogP contribution in [0.4, 0.5) is 5.69 Å². The number of hydrogen-bond acceptors (Lipinski definition) is 5. The molecule has 1 heterocycles. The van der Waals surface area contributed by atoms with E-state index in [0.29, 0.717) is 16.8 Å². The molecular weight excluding hydrogens is 272 g/mol. The summed E-state index contributed by atoms with van der Waals surface area (Å²) in [5.74, 6) is -0.395. The lowest BCUT2D eigenvalue weighted by molar-refractivity contribution is -0.384. The first-order valence-corrected chi connectivity index (χ1v) is 6.07. The SMILES string of the molecule is C/C(=N/NC(=O)c1cccnc1)c1cccc([N+](=O)[O-])c1. The summed E-state index contributed by atoms with van der Waals surface area (Å²) in [5.41, 5.74) is 3.77. The first-order valence-electron chi connectivity index (χ1n) is 6.07. The average Bonchev–Trinajstić information content (AvgIpc) is 2.53. The summed E-state index contributed by atoms with van der Waals surface area (Å²) < 4.78 is 0. The number of hydrogen-bond donors (Lipinski definition) is 1. The minimum absolute atomic E-state index is 0.0272. The van der Waals surface area contributed by atoms with Gasteiger partial charge in [0.15, 0.2) is 0 Å². The topological polar surface area (TPSA) is 97.5 Å². The highest BCUT2D eigenvalue weighted by Crippen LogP contribution is 2.13. The monoisotopic (exact) mass is 284 g/mol. The lowest BCUT2D eigenvalue weighted by atomic mass is 10.1. The van der Waals surface area contributed by atoms with E-state index in [1.165, 1.54) is 18.3 Å². The summed E-state index contributed by atoms with van der Waals surface area (Å²) >= 11 is 0. The molecule has 0 saturated carbocycles. The van der Waals surface area contributed by atoms with Crippen molar-refractivity contribution in [3.8, 4) is 0 Å². The second kappa shape index (κ2) is 6.38. The van der Waals surface area contributed by atoms with Crippen LogP contribution in [0.2, 0.25) is 0 Å². The molecule has 0 bridgehead atoms. The fourth-order valence-corrected chi connectivity index (χ4v) is 1.61. The van der Waals surface area contributed by atoms with Gasteiger partial charge in [0.05, 0.1) is 16.2 Å². The first-order chi connectivity index (χ1) is 10.1. The van der Waals surface area contributed by atoms with Gasteiger partial charge in [-0.3, -0.25) is 19.9 Å². The molecule has 0 unspecified atom stereocenters. The fourth-order valence-electron chi connectivity index (χ4n) is 1.61. The van der Waals surface area contributed by atoms with Gasteiger partial charge < -0.3 is 0 Å². The second-order valence-electron chi connectivity index (χ2n) is 4.19. The van der Waals surface area contributed by atoms with Gasteiger partial charge >= 0.3 is 0 Å². The first kappa shape index (κ1) is 14.3. The van der Waals surface area contributed by atoms with Crippen LogP contribution >= 0.6 is 0 Å². The maximum Gasteiger partial charge on any atom is 0.272 e. The molecule has 21 heavy (non-hydrogen) atoms. The van der Waals surface area contributed by atoms with Crippen LogP contribution in [0.15, 0.2) is 53.9 Å². The Labute approximate surface area is 120 Å². The zero-order valence-electron chi connectivity index (χ0n) is 11.2. The molecule has 0 aliphatic heterocycles. The van der Waals surface area contributed by atoms with Gasteiger partial charge in [-0.25, -0.2) is 5.43 Å². The van der Waals surface area contributed by atoms with E-state index in [1.54, 1.807) is 37.4 Å². The Morgan fingerprint density at radius 3 is 2.71 bits per heavy atom. The van der Waals surface area contributed by atoms with Gasteiger partial charge in [-0.2, -0.15) is 5.10 Å². The molecule has 2 aromatic rings. The van der Waals surface area contributed by atoms with Crippen molar-refractivity contribution in [3.05, 3.63) is 70.0 Å². The standard InChI is InChI=1S/C14H12N4O3/c1-10(11-4-2-6-13(8-11)18(20)21)16-17-14(19)12-5-3-7-15-9-12/h2-9H,1H3,(H,17,19)/b16-10-. The van der Waals surface area contributed by atoms with Gasteiger partial charge in [-0.1, -0.05) is 12.1 Å². The lowest BCUT2D eigenvalue weighted by Gasteiger charge is -2.02. The molecule has 106 valence electrons. The van der Waals surface area contributed by atoms with E-state index in [1.807, 2.05) is 0 Å². The van der Waals surface area contributed by atoms with Crippen molar-refractivity contribution < 1.29 is 9.72 Å². The van der Waals surface area contributed by atoms with E-state index in [2.05, 4.69) is 15.5 Å². The van der Waals surface area contributed by atoms with E-state index >= 15 is 0 Å². The molecule has 0 saturated heterocycles. The lowest BCUT2D eigenvalue weighted by Crippen LogP contribution is -2.19. The molecule has 7 heteroatoms. The van der Waals surface area contributed by atoms with E-state index in [9.17, 15) is 14.9 Å². The Kier molecular flexibility index (Phi) is 4.35. The molecule has 0 atom stereocenters. The average molecular weight is 284 g/mol. The zero-order valence-corrected chi connectivity index (χ0v) is 11.2. The molecule has 0 spiro atoms. The van der Waals surface area contributed by atoms with E-state index < -0.39 is 10.8 Å².